The van der Waals surface area contributed by atoms with Crippen LogP contribution in [0.15, 0.2) is 42.5 Å². The summed E-state index contributed by atoms with van der Waals surface area (Å²) < 4.78 is 5.19. The van der Waals surface area contributed by atoms with Crippen LogP contribution in [0.25, 0.3) is 0 Å². The largest absolute Gasteiger partial charge is 0.496 e. The zero-order valence-electron chi connectivity index (χ0n) is 12.3. The summed E-state index contributed by atoms with van der Waals surface area (Å²) in [6.07, 6.45) is 0. The topological polar surface area (TPSA) is 38.3 Å². The van der Waals surface area contributed by atoms with Crippen molar-refractivity contribution in [2.45, 2.75) is 19.8 Å². The molecule has 0 aliphatic carbocycles. The molecule has 0 aliphatic rings. The zero-order valence-corrected chi connectivity index (χ0v) is 13.1. The number of hydrogen-bond acceptors (Lipinski definition) is 2. The van der Waals surface area contributed by atoms with Crippen molar-refractivity contribution >= 4 is 23.2 Å². The number of halogens is 1. The molecule has 0 radical (unpaired) electrons. The van der Waals surface area contributed by atoms with Gasteiger partial charge in [0.2, 0.25) is 0 Å². The number of methoxy groups -OCH3 is 1. The van der Waals surface area contributed by atoms with Crippen molar-refractivity contribution in [2.75, 3.05) is 12.4 Å². The van der Waals surface area contributed by atoms with E-state index >= 15 is 0 Å². The van der Waals surface area contributed by atoms with Crippen molar-refractivity contribution in [1.82, 2.24) is 0 Å². The predicted molar refractivity (Wildman–Crippen MR) is 86.5 cm³/mol. The number of nitrogens with one attached hydrogen (secondary N) is 1. The molecule has 0 aliphatic heterocycles. The Balaban J connectivity index is 2.19. The predicted octanol–water partition coefficient (Wildman–Crippen LogP) is 4.72. The van der Waals surface area contributed by atoms with Gasteiger partial charge in [0.05, 0.1) is 12.7 Å². The molecule has 1 amide bonds. The minimum absolute atomic E-state index is 0.244. The molecule has 2 aromatic carbocycles. The monoisotopic (exact) mass is 303 g/mol. The molecule has 0 aromatic heterocycles. The van der Waals surface area contributed by atoms with Gasteiger partial charge >= 0.3 is 0 Å². The number of rotatable bonds is 4. The highest BCUT2D eigenvalue weighted by molar-refractivity contribution is 6.31. The van der Waals surface area contributed by atoms with Gasteiger partial charge in [-0.2, -0.15) is 0 Å². The van der Waals surface area contributed by atoms with Crippen LogP contribution in [0.2, 0.25) is 5.02 Å². The molecular weight excluding hydrogens is 286 g/mol. The van der Waals surface area contributed by atoms with Crippen LogP contribution in [-0.2, 0) is 0 Å². The Morgan fingerprint density at radius 1 is 1.14 bits per heavy atom. The first kappa shape index (κ1) is 15.4. The molecule has 0 bridgehead atoms. The van der Waals surface area contributed by atoms with E-state index in [1.165, 1.54) is 12.7 Å². The van der Waals surface area contributed by atoms with E-state index in [0.717, 1.165) is 5.69 Å². The lowest BCUT2D eigenvalue weighted by molar-refractivity contribution is 0.102. The molecule has 1 N–H and O–H groups in total. The third-order valence-electron chi connectivity index (χ3n) is 3.24. The Labute approximate surface area is 129 Å². The van der Waals surface area contributed by atoms with E-state index in [-0.39, 0.29) is 5.91 Å². The summed E-state index contributed by atoms with van der Waals surface area (Å²) in [7, 11) is 1.53. The van der Waals surface area contributed by atoms with E-state index in [4.69, 9.17) is 16.3 Å². The van der Waals surface area contributed by atoms with Crippen LogP contribution in [0.5, 0.6) is 5.75 Å². The van der Waals surface area contributed by atoms with Gasteiger partial charge < -0.3 is 10.1 Å². The Hall–Kier alpha value is -2.00. The van der Waals surface area contributed by atoms with Gasteiger partial charge in [-0.15, -0.1) is 0 Å². The van der Waals surface area contributed by atoms with Crippen LogP contribution >= 0.6 is 11.6 Å². The van der Waals surface area contributed by atoms with Crippen LogP contribution in [0.4, 0.5) is 5.69 Å². The van der Waals surface area contributed by atoms with Crippen molar-refractivity contribution in [2.24, 2.45) is 0 Å². The summed E-state index contributed by atoms with van der Waals surface area (Å²) in [5, 5.41) is 3.35. The molecule has 0 unspecified atom stereocenters. The van der Waals surface area contributed by atoms with E-state index < -0.39 is 0 Å². The van der Waals surface area contributed by atoms with Crippen LogP contribution in [-0.4, -0.2) is 13.0 Å². The maximum absolute atomic E-state index is 12.3. The Bertz CT molecular complexity index is 636. The molecule has 0 saturated carbocycles. The minimum Gasteiger partial charge on any atom is -0.496 e. The Morgan fingerprint density at radius 3 is 2.38 bits per heavy atom. The highest BCUT2D eigenvalue weighted by atomic mass is 35.5. The quantitative estimate of drug-likeness (QED) is 0.887. The number of hydrogen-bond donors (Lipinski definition) is 1. The third-order valence-corrected chi connectivity index (χ3v) is 3.48. The average molecular weight is 304 g/mol. The van der Waals surface area contributed by atoms with Gasteiger partial charge in [-0.05, 0) is 41.8 Å². The fraction of sp³-hybridized carbons (Fsp3) is 0.235. The van der Waals surface area contributed by atoms with Crippen LogP contribution < -0.4 is 10.1 Å². The van der Waals surface area contributed by atoms with E-state index in [0.29, 0.717) is 22.3 Å². The van der Waals surface area contributed by atoms with Crippen molar-refractivity contribution < 1.29 is 9.53 Å². The van der Waals surface area contributed by atoms with E-state index in [2.05, 4.69) is 19.2 Å². The van der Waals surface area contributed by atoms with Crippen LogP contribution in [0.1, 0.15) is 35.7 Å². The number of anilines is 1. The highest BCUT2D eigenvalue weighted by Crippen LogP contribution is 2.24. The first-order valence-corrected chi connectivity index (χ1v) is 7.14. The molecule has 21 heavy (non-hydrogen) atoms. The summed E-state index contributed by atoms with van der Waals surface area (Å²) in [6, 6.07) is 12.8. The second kappa shape index (κ2) is 6.64. The molecule has 2 aromatic rings. The average Bonchev–Trinajstić information content (AvgIpc) is 2.47. The summed E-state index contributed by atoms with van der Waals surface area (Å²) in [5.74, 6) is 0.713. The molecule has 3 nitrogen and oxygen atoms in total. The zero-order chi connectivity index (χ0) is 15.4. The third kappa shape index (κ3) is 3.76. The van der Waals surface area contributed by atoms with Gasteiger partial charge in [0.1, 0.15) is 5.75 Å². The fourth-order valence-corrected chi connectivity index (χ4v) is 2.18. The lowest BCUT2D eigenvalue weighted by Crippen LogP contribution is -2.13. The first-order chi connectivity index (χ1) is 10.0. The van der Waals surface area contributed by atoms with Crippen molar-refractivity contribution in [3.63, 3.8) is 0 Å². The summed E-state index contributed by atoms with van der Waals surface area (Å²) in [4.78, 5) is 12.3. The highest BCUT2D eigenvalue weighted by Gasteiger charge is 2.13. The number of benzene rings is 2. The summed E-state index contributed by atoms with van der Waals surface area (Å²) >= 11 is 5.94. The van der Waals surface area contributed by atoms with E-state index in [9.17, 15) is 4.79 Å². The SMILES string of the molecule is COc1ccc(Cl)cc1C(=O)Nc1ccc(C(C)C)cc1. The van der Waals surface area contributed by atoms with E-state index in [1.807, 2.05) is 24.3 Å². The Morgan fingerprint density at radius 2 is 1.81 bits per heavy atom. The lowest BCUT2D eigenvalue weighted by Gasteiger charge is -2.11. The smallest absolute Gasteiger partial charge is 0.259 e. The molecule has 0 spiro atoms. The summed E-state index contributed by atoms with van der Waals surface area (Å²) in [5.41, 5.74) is 2.39. The second-order valence-corrected chi connectivity index (χ2v) is 5.51. The molecule has 0 saturated heterocycles. The number of carbonyl (C=O) groups is 1. The molecule has 0 fully saturated rings. The minimum atomic E-state index is -0.244. The van der Waals surface area contributed by atoms with Crippen molar-refractivity contribution in [3.05, 3.63) is 58.6 Å². The first-order valence-electron chi connectivity index (χ1n) is 6.76. The standard InChI is InChI=1S/C17H18ClNO2/c1-11(2)12-4-7-14(8-5-12)19-17(20)15-10-13(18)6-9-16(15)21-3/h4-11H,1-3H3,(H,19,20). The maximum Gasteiger partial charge on any atom is 0.259 e. The normalized spacial score (nSPS) is 10.5. The summed E-state index contributed by atoms with van der Waals surface area (Å²) in [6.45, 7) is 4.26. The van der Waals surface area contributed by atoms with Gasteiger partial charge in [-0.1, -0.05) is 37.6 Å². The van der Waals surface area contributed by atoms with Crippen LogP contribution in [0, 0.1) is 0 Å². The molecule has 2 rings (SSSR count). The lowest BCUT2D eigenvalue weighted by atomic mass is 10.0. The number of ether oxygens (including phenoxy) is 1. The van der Waals surface area contributed by atoms with Gasteiger partial charge in [0, 0.05) is 10.7 Å². The molecule has 0 atom stereocenters. The number of amides is 1. The van der Waals surface area contributed by atoms with Gasteiger partial charge in [0.25, 0.3) is 5.91 Å². The van der Waals surface area contributed by atoms with Crippen molar-refractivity contribution in [3.8, 4) is 5.75 Å². The fourth-order valence-electron chi connectivity index (χ4n) is 2.01. The van der Waals surface area contributed by atoms with Crippen LogP contribution in [0.3, 0.4) is 0 Å². The van der Waals surface area contributed by atoms with Crippen molar-refractivity contribution in [1.29, 1.82) is 0 Å². The van der Waals surface area contributed by atoms with Gasteiger partial charge in [0.15, 0.2) is 0 Å². The molecular formula is C17H18ClNO2. The van der Waals surface area contributed by atoms with E-state index in [1.54, 1.807) is 18.2 Å². The molecule has 4 heteroatoms. The molecule has 0 heterocycles. The Kier molecular flexibility index (Phi) is 4.86. The second-order valence-electron chi connectivity index (χ2n) is 5.08. The van der Waals surface area contributed by atoms with Gasteiger partial charge in [-0.3, -0.25) is 4.79 Å². The maximum atomic E-state index is 12.3. The molecule has 110 valence electrons. The van der Waals surface area contributed by atoms with Gasteiger partial charge in [-0.25, -0.2) is 0 Å². The number of carbonyl (C=O) groups excluding carboxylic acids is 1.